The number of piperazine rings is 1. The molecule has 0 aliphatic carbocycles. The quantitative estimate of drug-likeness (QED) is 0.638. The predicted molar refractivity (Wildman–Crippen MR) is 102 cm³/mol. The van der Waals surface area contributed by atoms with Crippen LogP contribution in [-0.2, 0) is 27.7 Å². The summed E-state index contributed by atoms with van der Waals surface area (Å²) in [5.74, 6) is 0.443. The van der Waals surface area contributed by atoms with Crippen LogP contribution in [0.1, 0.15) is 22.4 Å². The van der Waals surface area contributed by atoms with Gasteiger partial charge in [-0.2, -0.15) is 4.31 Å². The van der Waals surface area contributed by atoms with Crippen LogP contribution in [0.2, 0.25) is 0 Å². The highest BCUT2D eigenvalue weighted by molar-refractivity contribution is 7.89. The maximum atomic E-state index is 12.9. The molecule has 1 aliphatic heterocycles. The molecule has 3 rings (SSSR count). The lowest BCUT2D eigenvalue weighted by atomic mass is 10.3. The van der Waals surface area contributed by atoms with Crippen LogP contribution in [0.4, 0.5) is 0 Å². The van der Waals surface area contributed by atoms with Gasteiger partial charge in [-0.05, 0) is 11.4 Å². The molecular formula is C17H24N4O4S2. The van der Waals surface area contributed by atoms with Crippen LogP contribution in [0, 0.1) is 0 Å². The Morgan fingerprint density at radius 3 is 2.67 bits per heavy atom. The van der Waals surface area contributed by atoms with Gasteiger partial charge in [-0.25, -0.2) is 18.2 Å². The fourth-order valence-corrected chi connectivity index (χ4v) is 5.91. The molecule has 1 fully saturated rings. The number of methoxy groups -OCH3 is 1. The van der Waals surface area contributed by atoms with Crippen molar-refractivity contribution in [2.75, 3.05) is 39.8 Å². The number of nitrogens with zero attached hydrogens (tertiary/aromatic N) is 4. The molecule has 0 atom stereocenters. The maximum Gasteiger partial charge on any atom is 0.349 e. The summed E-state index contributed by atoms with van der Waals surface area (Å²) < 4.78 is 34.1. The first kappa shape index (κ1) is 20.0. The second kappa shape index (κ2) is 8.51. The molecule has 0 saturated carbocycles. The number of hydrogen-bond acceptors (Lipinski definition) is 7. The van der Waals surface area contributed by atoms with E-state index in [-0.39, 0.29) is 9.77 Å². The number of hydrogen-bond donors (Lipinski definition) is 0. The van der Waals surface area contributed by atoms with Crippen LogP contribution in [-0.4, -0.2) is 73.0 Å². The van der Waals surface area contributed by atoms with Gasteiger partial charge in [-0.1, -0.05) is 6.92 Å². The topological polar surface area (TPSA) is 84.7 Å². The number of imidazole rings is 1. The lowest BCUT2D eigenvalue weighted by molar-refractivity contribution is 0.0602. The number of aromatic nitrogens is 2. The predicted octanol–water partition coefficient (Wildman–Crippen LogP) is 1.30. The molecule has 3 heterocycles. The summed E-state index contributed by atoms with van der Waals surface area (Å²) in [4.78, 5) is 18.6. The summed E-state index contributed by atoms with van der Waals surface area (Å²) in [5, 5.41) is 1.60. The molecular weight excluding hydrogens is 388 g/mol. The SMILES string of the molecule is CCc1nccn1CCN1CCN(S(=O)(=O)c2ccsc2C(=O)OC)CC1. The number of carbonyl (C=O) groups excluding carboxylic acids is 1. The third kappa shape index (κ3) is 4.23. The molecule has 10 heteroatoms. The molecule has 0 spiro atoms. The highest BCUT2D eigenvalue weighted by Crippen LogP contribution is 2.26. The standard InChI is InChI=1S/C17H24N4O4S2/c1-3-15-18-5-6-20(15)10-7-19-8-11-21(12-9-19)27(23,24)14-4-13-26-16(14)17(22)25-2/h4-6,13H,3,7-12H2,1-2H3. The summed E-state index contributed by atoms with van der Waals surface area (Å²) >= 11 is 1.08. The van der Waals surface area contributed by atoms with Gasteiger partial charge in [0.05, 0.1) is 7.11 Å². The largest absolute Gasteiger partial charge is 0.465 e. The van der Waals surface area contributed by atoms with Gasteiger partial charge in [0.1, 0.15) is 15.6 Å². The van der Waals surface area contributed by atoms with Crippen LogP contribution in [0.25, 0.3) is 0 Å². The number of esters is 1. The van der Waals surface area contributed by atoms with Gasteiger partial charge in [0, 0.05) is 58.1 Å². The summed E-state index contributed by atoms with van der Waals surface area (Å²) in [7, 11) is -2.44. The highest BCUT2D eigenvalue weighted by Gasteiger charge is 2.32. The fraction of sp³-hybridized carbons (Fsp3) is 0.529. The molecule has 0 radical (unpaired) electrons. The van der Waals surface area contributed by atoms with E-state index in [1.54, 1.807) is 5.38 Å². The van der Waals surface area contributed by atoms with Crippen molar-refractivity contribution in [3.05, 3.63) is 34.5 Å². The Hall–Kier alpha value is -1.75. The van der Waals surface area contributed by atoms with E-state index in [2.05, 4.69) is 21.4 Å². The van der Waals surface area contributed by atoms with Gasteiger partial charge in [0.25, 0.3) is 0 Å². The van der Waals surface area contributed by atoms with Crippen molar-refractivity contribution in [3.8, 4) is 0 Å². The monoisotopic (exact) mass is 412 g/mol. The third-order valence-corrected chi connectivity index (χ3v) is 7.69. The second-order valence-corrected chi connectivity index (χ2v) is 9.06. The first-order valence-corrected chi connectivity index (χ1v) is 11.2. The van der Waals surface area contributed by atoms with Crippen molar-refractivity contribution in [1.29, 1.82) is 0 Å². The number of ether oxygens (including phenoxy) is 1. The summed E-state index contributed by atoms with van der Waals surface area (Å²) in [6.07, 6.45) is 4.68. The molecule has 0 unspecified atom stereocenters. The highest BCUT2D eigenvalue weighted by atomic mass is 32.2. The van der Waals surface area contributed by atoms with Crippen molar-refractivity contribution in [1.82, 2.24) is 18.8 Å². The number of carbonyl (C=O) groups is 1. The molecule has 8 nitrogen and oxygen atoms in total. The van der Waals surface area contributed by atoms with Gasteiger partial charge >= 0.3 is 5.97 Å². The molecule has 2 aromatic rings. The molecule has 1 saturated heterocycles. The van der Waals surface area contributed by atoms with Crippen LogP contribution in [0.3, 0.4) is 0 Å². The zero-order valence-electron chi connectivity index (χ0n) is 15.5. The maximum absolute atomic E-state index is 12.9. The van der Waals surface area contributed by atoms with Crippen molar-refractivity contribution >= 4 is 27.3 Å². The van der Waals surface area contributed by atoms with Gasteiger partial charge in [-0.3, -0.25) is 4.90 Å². The van der Waals surface area contributed by atoms with Crippen LogP contribution in [0.5, 0.6) is 0 Å². The average Bonchev–Trinajstić information content (AvgIpc) is 3.35. The van der Waals surface area contributed by atoms with E-state index in [1.165, 1.54) is 17.5 Å². The lowest BCUT2D eigenvalue weighted by Crippen LogP contribution is -2.49. The van der Waals surface area contributed by atoms with E-state index in [4.69, 9.17) is 4.74 Å². The van der Waals surface area contributed by atoms with E-state index in [1.807, 2.05) is 12.4 Å². The van der Waals surface area contributed by atoms with E-state index < -0.39 is 16.0 Å². The van der Waals surface area contributed by atoms with Crippen LogP contribution < -0.4 is 0 Å². The molecule has 0 amide bonds. The van der Waals surface area contributed by atoms with E-state index >= 15 is 0 Å². The summed E-state index contributed by atoms with van der Waals surface area (Å²) in [5.41, 5.74) is 0. The molecule has 0 N–H and O–H groups in total. The van der Waals surface area contributed by atoms with Crippen molar-refractivity contribution < 1.29 is 17.9 Å². The van der Waals surface area contributed by atoms with Crippen molar-refractivity contribution in [3.63, 3.8) is 0 Å². The number of thiophene rings is 1. The minimum Gasteiger partial charge on any atom is -0.465 e. The van der Waals surface area contributed by atoms with E-state index in [0.717, 1.165) is 36.7 Å². The minimum absolute atomic E-state index is 0.0406. The second-order valence-electron chi connectivity index (χ2n) is 6.24. The molecule has 0 bridgehead atoms. The van der Waals surface area contributed by atoms with Crippen molar-refractivity contribution in [2.45, 2.75) is 24.8 Å². The Kier molecular flexibility index (Phi) is 6.30. The van der Waals surface area contributed by atoms with Crippen LogP contribution >= 0.6 is 11.3 Å². The van der Waals surface area contributed by atoms with Gasteiger partial charge < -0.3 is 9.30 Å². The van der Waals surface area contributed by atoms with E-state index in [0.29, 0.717) is 26.2 Å². The smallest absolute Gasteiger partial charge is 0.349 e. The van der Waals surface area contributed by atoms with Crippen LogP contribution in [0.15, 0.2) is 28.7 Å². The number of aryl methyl sites for hydroxylation is 1. The van der Waals surface area contributed by atoms with Gasteiger partial charge in [-0.15, -0.1) is 11.3 Å². The molecule has 27 heavy (non-hydrogen) atoms. The Morgan fingerprint density at radius 2 is 2.00 bits per heavy atom. The zero-order valence-corrected chi connectivity index (χ0v) is 17.1. The van der Waals surface area contributed by atoms with E-state index in [9.17, 15) is 13.2 Å². The van der Waals surface area contributed by atoms with Gasteiger partial charge in [0.15, 0.2) is 0 Å². The molecule has 1 aliphatic rings. The first-order valence-electron chi connectivity index (χ1n) is 8.85. The number of rotatable bonds is 7. The summed E-state index contributed by atoms with van der Waals surface area (Å²) in [6.45, 7) is 5.90. The lowest BCUT2D eigenvalue weighted by Gasteiger charge is -2.34. The molecule has 2 aromatic heterocycles. The normalized spacial score (nSPS) is 16.5. The average molecular weight is 413 g/mol. The Bertz CT molecular complexity index is 882. The van der Waals surface area contributed by atoms with Crippen molar-refractivity contribution in [2.24, 2.45) is 0 Å². The Morgan fingerprint density at radius 1 is 1.26 bits per heavy atom. The molecule has 0 aromatic carbocycles. The van der Waals surface area contributed by atoms with Gasteiger partial charge in [0.2, 0.25) is 10.0 Å². The third-order valence-electron chi connectivity index (χ3n) is 4.72. The Labute approximate surface area is 163 Å². The summed E-state index contributed by atoms with van der Waals surface area (Å²) in [6, 6.07) is 1.48. The Balaban J connectivity index is 1.60. The molecule has 148 valence electrons. The fourth-order valence-electron chi connectivity index (χ4n) is 3.18. The minimum atomic E-state index is -3.70. The first-order chi connectivity index (χ1) is 13.0. The number of sulfonamides is 1. The zero-order chi connectivity index (χ0) is 19.4.